The maximum absolute atomic E-state index is 12.4. The van der Waals surface area contributed by atoms with Crippen LogP contribution in [0.3, 0.4) is 0 Å². The molecular weight excluding hydrogens is 382 g/mol. The van der Waals surface area contributed by atoms with Gasteiger partial charge in [-0.2, -0.15) is 23.3 Å². The summed E-state index contributed by atoms with van der Waals surface area (Å²) in [6.45, 7) is 2.26. The Morgan fingerprint density at radius 2 is 2.26 bits per heavy atom. The predicted molar refractivity (Wildman–Crippen MR) is 90.4 cm³/mol. The van der Waals surface area contributed by atoms with E-state index in [0.717, 1.165) is 4.68 Å². The normalized spacial score (nSPS) is 22.7. The number of hydrogen-bond donors (Lipinski definition) is 4. The third-order valence-corrected chi connectivity index (χ3v) is 4.74. The smallest absolute Gasteiger partial charge is 0.336 e. The quantitative estimate of drug-likeness (QED) is 0.419. The lowest BCUT2D eigenvalue weighted by molar-refractivity contribution is -0.0317. The van der Waals surface area contributed by atoms with Gasteiger partial charge in [-0.3, -0.25) is 4.55 Å². The van der Waals surface area contributed by atoms with Crippen molar-refractivity contribution in [3.8, 4) is 0 Å². The fourth-order valence-corrected chi connectivity index (χ4v) is 3.53. The van der Waals surface area contributed by atoms with Crippen LogP contribution in [0.25, 0.3) is 0 Å². The predicted octanol–water partition coefficient (Wildman–Crippen LogP) is -1.30. The first-order chi connectivity index (χ1) is 12.6. The Hall–Kier alpha value is -2.26. The number of hydrogen-bond acceptors (Lipinski definition) is 8. The van der Waals surface area contributed by atoms with Gasteiger partial charge in [-0.05, 0) is 13.3 Å². The summed E-state index contributed by atoms with van der Waals surface area (Å²) in [5.74, 6) is 0. The first-order valence-corrected chi connectivity index (χ1v) is 9.59. The second-order valence-electron chi connectivity index (χ2n) is 6.44. The molecule has 0 aliphatic carbocycles. The lowest BCUT2D eigenvalue weighted by Gasteiger charge is -2.28. The monoisotopic (exact) mass is 403 g/mol. The molecule has 3 amide bonds. The Labute approximate surface area is 155 Å². The molecule has 0 radical (unpaired) electrons. The zero-order valence-corrected chi connectivity index (χ0v) is 15.3. The summed E-state index contributed by atoms with van der Waals surface area (Å²) in [6.07, 6.45) is 1.97. The highest BCUT2D eigenvalue weighted by molar-refractivity contribution is 7.80. The van der Waals surface area contributed by atoms with Gasteiger partial charge in [0.1, 0.15) is 6.04 Å². The van der Waals surface area contributed by atoms with Crippen molar-refractivity contribution in [3.05, 3.63) is 17.5 Å². The number of nitrogens with one attached hydrogen (secondary N) is 1. The third-order valence-electron chi connectivity index (χ3n) is 4.39. The first-order valence-electron chi connectivity index (χ1n) is 8.22. The molecule has 3 heterocycles. The van der Waals surface area contributed by atoms with Gasteiger partial charge in [0.05, 0.1) is 18.3 Å². The van der Waals surface area contributed by atoms with Crippen LogP contribution in [0, 0.1) is 0 Å². The Kier molecular flexibility index (Phi) is 5.09. The van der Waals surface area contributed by atoms with E-state index in [1.807, 2.05) is 6.92 Å². The number of fused-ring (bicyclic) bond motifs is 4. The molecule has 1 fully saturated rings. The molecule has 13 nitrogen and oxygen atoms in total. The van der Waals surface area contributed by atoms with E-state index in [1.54, 1.807) is 0 Å². The second-order valence-corrected chi connectivity index (χ2v) is 7.45. The van der Waals surface area contributed by atoms with Crippen molar-refractivity contribution in [2.75, 3.05) is 19.6 Å². The Bertz CT molecular complexity index is 853. The van der Waals surface area contributed by atoms with E-state index in [0.29, 0.717) is 29.3 Å². The molecule has 3 unspecified atom stereocenters. The number of nitrogens with two attached hydrogens (primary N) is 2. The molecule has 3 atom stereocenters. The van der Waals surface area contributed by atoms with Gasteiger partial charge >= 0.3 is 22.5 Å². The summed E-state index contributed by atoms with van der Waals surface area (Å²) >= 11 is 0. The number of nitrogens with zero attached hydrogens (tertiary/aromatic N) is 4. The van der Waals surface area contributed by atoms with Gasteiger partial charge in [-0.15, -0.1) is 4.28 Å². The number of aromatic nitrogens is 2. The maximum Gasteiger partial charge on any atom is 0.418 e. The van der Waals surface area contributed by atoms with Crippen molar-refractivity contribution in [1.29, 1.82) is 0 Å². The van der Waals surface area contributed by atoms with Gasteiger partial charge in [0.15, 0.2) is 0 Å². The lowest BCUT2D eigenvalue weighted by atomic mass is 9.98. The summed E-state index contributed by atoms with van der Waals surface area (Å²) in [5.41, 5.74) is 12.2. The molecule has 0 spiro atoms. The molecule has 150 valence electrons. The minimum Gasteiger partial charge on any atom is -0.336 e. The molecule has 6 N–H and O–H groups in total. The molecule has 14 heteroatoms. The summed E-state index contributed by atoms with van der Waals surface area (Å²) in [5, 5.41) is 7.42. The van der Waals surface area contributed by atoms with E-state index in [9.17, 15) is 18.0 Å². The van der Waals surface area contributed by atoms with Gasteiger partial charge in [-0.1, -0.05) is 0 Å². The molecule has 3 rings (SSSR count). The number of carbonyl (C=O) groups is 2. The number of carbonyl (C=O) groups excluding carboxylic acids is 2. The van der Waals surface area contributed by atoms with Gasteiger partial charge in [0.25, 0.3) is 0 Å². The third kappa shape index (κ3) is 3.74. The van der Waals surface area contributed by atoms with Crippen LogP contribution in [0.5, 0.6) is 0 Å². The minimum absolute atomic E-state index is 0.00843. The molecule has 1 aromatic heterocycles. The highest BCUT2D eigenvalue weighted by Crippen LogP contribution is 2.43. The van der Waals surface area contributed by atoms with Crippen LogP contribution in [0.15, 0.2) is 6.20 Å². The molecule has 2 aliphatic heterocycles. The highest BCUT2D eigenvalue weighted by atomic mass is 32.3. The van der Waals surface area contributed by atoms with Crippen LogP contribution in [0.2, 0.25) is 0 Å². The number of urea groups is 1. The molecule has 2 aliphatic rings. The largest absolute Gasteiger partial charge is 0.418 e. The fourth-order valence-electron chi connectivity index (χ4n) is 3.16. The lowest BCUT2D eigenvalue weighted by Crippen LogP contribution is -2.38. The molecule has 0 aromatic carbocycles. The van der Waals surface area contributed by atoms with Crippen LogP contribution in [-0.4, -0.2) is 70.5 Å². The molecular formula is C13H21N7O6S. The van der Waals surface area contributed by atoms with Crippen LogP contribution in [-0.2, 0) is 14.7 Å². The molecule has 0 saturated carbocycles. The van der Waals surface area contributed by atoms with E-state index in [-0.39, 0.29) is 19.1 Å². The van der Waals surface area contributed by atoms with Crippen molar-refractivity contribution in [2.24, 2.45) is 11.5 Å². The molecule has 27 heavy (non-hydrogen) atoms. The van der Waals surface area contributed by atoms with Crippen molar-refractivity contribution < 1.29 is 26.8 Å². The number of amides is 3. The van der Waals surface area contributed by atoms with E-state index in [4.69, 9.17) is 16.0 Å². The van der Waals surface area contributed by atoms with Crippen molar-refractivity contribution in [2.45, 2.75) is 31.5 Å². The fraction of sp³-hybridized carbons (Fsp3) is 0.615. The van der Waals surface area contributed by atoms with Gasteiger partial charge in [0.2, 0.25) is 0 Å². The molecule has 2 bridgehead atoms. The van der Waals surface area contributed by atoms with Gasteiger partial charge in [-0.25, -0.2) is 9.59 Å². The first kappa shape index (κ1) is 19.5. The topological polar surface area (TPSA) is 186 Å². The standard InChI is InChI=1S/C13H21N7O6S/c1-7(15)2-3-16-12(21)19-5-8-10-6-18(9(4-14)11(8)17-19)13(22)20(10)26-27(23,24)25/h5,7,9-10H,2-4,6,14-15H2,1H3,(H,16,21)(H,23,24,25). The zero-order chi connectivity index (χ0) is 19.9. The highest BCUT2D eigenvalue weighted by Gasteiger charge is 2.51. The summed E-state index contributed by atoms with van der Waals surface area (Å²) in [4.78, 5) is 26.0. The average molecular weight is 403 g/mol. The van der Waals surface area contributed by atoms with E-state index in [2.05, 4.69) is 14.7 Å². The Morgan fingerprint density at radius 1 is 1.56 bits per heavy atom. The van der Waals surface area contributed by atoms with Crippen LogP contribution in [0.1, 0.15) is 36.7 Å². The van der Waals surface area contributed by atoms with E-state index in [1.165, 1.54) is 11.1 Å². The van der Waals surface area contributed by atoms with E-state index < -0.39 is 34.5 Å². The summed E-state index contributed by atoms with van der Waals surface area (Å²) in [6, 6.07) is -2.85. The van der Waals surface area contributed by atoms with Crippen molar-refractivity contribution >= 4 is 22.5 Å². The summed E-state index contributed by atoms with van der Waals surface area (Å²) in [7, 11) is -4.91. The Morgan fingerprint density at radius 3 is 2.85 bits per heavy atom. The zero-order valence-electron chi connectivity index (χ0n) is 14.5. The number of rotatable bonds is 6. The van der Waals surface area contributed by atoms with Crippen LogP contribution < -0.4 is 16.8 Å². The molecule has 1 saturated heterocycles. The Balaban J connectivity index is 1.88. The van der Waals surface area contributed by atoms with Crippen molar-refractivity contribution in [3.63, 3.8) is 0 Å². The van der Waals surface area contributed by atoms with Crippen LogP contribution >= 0.6 is 0 Å². The minimum atomic E-state index is -4.91. The maximum atomic E-state index is 12.4. The van der Waals surface area contributed by atoms with Crippen LogP contribution in [0.4, 0.5) is 9.59 Å². The van der Waals surface area contributed by atoms with E-state index >= 15 is 0 Å². The van der Waals surface area contributed by atoms with Gasteiger partial charge in [0, 0.05) is 30.9 Å². The summed E-state index contributed by atoms with van der Waals surface area (Å²) < 4.78 is 36.6. The SMILES string of the molecule is CC(N)CCNC(=O)n1cc2c(n1)C(CN)N1CC2N(OS(=O)(=O)O)C1=O. The second kappa shape index (κ2) is 7.05. The molecule has 1 aromatic rings. The number of hydroxylamine groups is 2. The van der Waals surface area contributed by atoms with Crippen molar-refractivity contribution in [1.82, 2.24) is 25.1 Å². The average Bonchev–Trinajstić information content (AvgIpc) is 3.11. The van der Waals surface area contributed by atoms with Gasteiger partial charge < -0.3 is 21.7 Å².